The molecule has 0 radical (unpaired) electrons. The van der Waals surface area contributed by atoms with Crippen LogP contribution in [0.5, 0.6) is 0 Å². The minimum absolute atomic E-state index is 0. The highest BCUT2D eigenvalue weighted by molar-refractivity contribution is 5.85. The van der Waals surface area contributed by atoms with Gasteiger partial charge in [-0.15, -0.1) is 12.4 Å². The first-order chi connectivity index (χ1) is 5.75. The third-order valence-corrected chi connectivity index (χ3v) is 2.04. The highest BCUT2D eigenvalue weighted by Crippen LogP contribution is 2.18. The summed E-state index contributed by atoms with van der Waals surface area (Å²) < 4.78 is 0. The largest absolute Gasteiger partial charge is 0.316 e. The molecule has 0 spiro atoms. The third-order valence-electron chi connectivity index (χ3n) is 2.04. The summed E-state index contributed by atoms with van der Waals surface area (Å²) in [5, 5.41) is 3.18. The van der Waals surface area contributed by atoms with Crippen molar-refractivity contribution >= 4 is 12.4 Å². The first-order valence-corrected chi connectivity index (χ1v) is 4.48. The Hall–Kier alpha value is -0.530. The lowest BCUT2D eigenvalue weighted by atomic mass is 9.97. The second-order valence-corrected chi connectivity index (χ2v) is 3.38. The SMILES string of the molecule is CNCc1ccccc1C(C)C.Cl. The van der Waals surface area contributed by atoms with E-state index in [4.69, 9.17) is 0 Å². The van der Waals surface area contributed by atoms with Gasteiger partial charge in [0.2, 0.25) is 0 Å². The van der Waals surface area contributed by atoms with Gasteiger partial charge in [0, 0.05) is 6.54 Å². The molecule has 0 aliphatic carbocycles. The van der Waals surface area contributed by atoms with Crippen LogP contribution in [0.25, 0.3) is 0 Å². The molecule has 74 valence electrons. The first-order valence-electron chi connectivity index (χ1n) is 4.48. The van der Waals surface area contributed by atoms with Crippen molar-refractivity contribution in [1.82, 2.24) is 5.32 Å². The van der Waals surface area contributed by atoms with Crippen LogP contribution in [0, 0.1) is 0 Å². The quantitative estimate of drug-likeness (QED) is 0.790. The second kappa shape index (κ2) is 6.01. The molecular weight excluding hydrogens is 182 g/mol. The first kappa shape index (κ1) is 12.5. The Morgan fingerprint density at radius 2 is 1.85 bits per heavy atom. The molecule has 0 unspecified atom stereocenters. The molecule has 0 bridgehead atoms. The second-order valence-electron chi connectivity index (χ2n) is 3.38. The summed E-state index contributed by atoms with van der Waals surface area (Å²) in [4.78, 5) is 0. The average Bonchev–Trinajstić information content (AvgIpc) is 2.05. The van der Waals surface area contributed by atoms with Crippen molar-refractivity contribution in [2.75, 3.05) is 7.05 Å². The van der Waals surface area contributed by atoms with Gasteiger partial charge in [-0.1, -0.05) is 38.1 Å². The molecule has 2 heteroatoms. The normalized spacial score (nSPS) is 9.85. The molecule has 0 atom stereocenters. The zero-order chi connectivity index (χ0) is 8.97. The van der Waals surface area contributed by atoms with E-state index in [0.717, 1.165) is 6.54 Å². The molecule has 0 amide bonds. The average molecular weight is 200 g/mol. The van der Waals surface area contributed by atoms with Gasteiger partial charge in [0.25, 0.3) is 0 Å². The van der Waals surface area contributed by atoms with Crippen LogP contribution in [0.1, 0.15) is 30.9 Å². The summed E-state index contributed by atoms with van der Waals surface area (Å²) in [7, 11) is 1.98. The molecule has 13 heavy (non-hydrogen) atoms. The Labute approximate surface area is 87.0 Å². The van der Waals surface area contributed by atoms with Gasteiger partial charge in [-0.25, -0.2) is 0 Å². The van der Waals surface area contributed by atoms with E-state index >= 15 is 0 Å². The fraction of sp³-hybridized carbons (Fsp3) is 0.455. The molecule has 1 nitrogen and oxygen atoms in total. The Morgan fingerprint density at radius 1 is 1.23 bits per heavy atom. The van der Waals surface area contributed by atoms with Crippen molar-refractivity contribution in [3.8, 4) is 0 Å². The van der Waals surface area contributed by atoms with Crippen molar-refractivity contribution in [2.45, 2.75) is 26.3 Å². The maximum atomic E-state index is 3.18. The van der Waals surface area contributed by atoms with E-state index in [0.29, 0.717) is 5.92 Å². The van der Waals surface area contributed by atoms with Gasteiger partial charge in [-0.3, -0.25) is 0 Å². The molecule has 1 rings (SSSR count). The number of hydrogen-bond acceptors (Lipinski definition) is 1. The summed E-state index contributed by atoms with van der Waals surface area (Å²) in [5.41, 5.74) is 2.86. The van der Waals surface area contributed by atoms with Crippen LogP contribution >= 0.6 is 12.4 Å². The van der Waals surface area contributed by atoms with E-state index in [1.165, 1.54) is 11.1 Å². The summed E-state index contributed by atoms with van der Waals surface area (Å²) >= 11 is 0. The van der Waals surface area contributed by atoms with Crippen LogP contribution in [0.2, 0.25) is 0 Å². The molecule has 0 fully saturated rings. The number of rotatable bonds is 3. The van der Waals surface area contributed by atoms with E-state index in [2.05, 4.69) is 43.4 Å². The minimum Gasteiger partial charge on any atom is -0.316 e. The van der Waals surface area contributed by atoms with Crippen molar-refractivity contribution in [3.63, 3.8) is 0 Å². The summed E-state index contributed by atoms with van der Waals surface area (Å²) in [5.74, 6) is 0.620. The molecule has 0 aromatic heterocycles. The van der Waals surface area contributed by atoms with Gasteiger partial charge >= 0.3 is 0 Å². The monoisotopic (exact) mass is 199 g/mol. The van der Waals surface area contributed by atoms with Crippen LogP contribution in [-0.2, 0) is 6.54 Å². The number of halogens is 1. The molecule has 0 saturated carbocycles. The molecule has 0 aliphatic heterocycles. The lowest BCUT2D eigenvalue weighted by molar-refractivity contribution is 0.776. The Bertz CT molecular complexity index is 246. The summed E-state index contributed by atoms with van der Waals surface area (Å²) in [6, 6.07) is 8.59. The van der Waals surface area contributed by atoms with Gasteiger partial charge in [0.15, 0.2) is 0 Å². The zero-order valence-corrected chi connectivity index (χ0v) is 9.32. The predicted octanol–water partition coefficient (Wildman–Crippen LogP) is 2.95. The minimum atomic E-state index is 0. The molecule has 1 N–H and O–H groups in total. The van der Waals surface area contributed by atoms with Gasteiger partial charge < -0.3 is 5.32 Å². The standard InChI is InChI=1S/C11H17N.ClH/c1-9(2)11-7-5-4-6-10(11)8-12-3;/h4-7,9,12H,8H2,1-3H3;1H. The Morgan fingerprint density at radius 3 is 2.38 bits per heavy atom. The lowest BCUT2D eigenvalue weighted by Crippen LogP contribution is -2.08. The van der Waals surface area contributed by atoms with Crippen molar-refractivity contribution in [1.29, 1.82) is 0 Å². The Kier molecular flexibility index (Phi) is 5.76. The summed E-state index contributed by atoms with van der Waals surface area (Å²) in [6.07, 6.45) is 0. The van der Waals surface area contributed by atoms with Crippen LogP contribution in [0.15, 0.2) is 24.3 Å². The van der Waals surface area contributed by atoms with E-state index < -0.39 is 0 Å². The Balaban J connectivity index is 0.00000144. The highest BCUT2D eigenvalue weighted by atomic mass is 35.5. The highest BCUT2D eigenvalue weighted by Gasteiger charge is 2.03. The van der Waals surface area contributed by atoms with Gasteiger partial charge in [0.1, 0.15) is 0 Å². The molecule has 0 aliphatic rings. The van der Waals surface area contributed by atoms with Crippen LogP contribution in [0.3, 0.4) is 0 Å². The maximum absolute atomic E-state index is 3.18. The molecule has 0 heterocycles. The van der Waals surface area contributed by atoms with Crippen molar-refractivity contribution in [2.24, 2.45) is 0 Å². The van der Waals surface area contributed by atoms with Gasteiger partial charge in [-0.05, 0) is 24.1 Å². The number of nitrogens with one attached hydrogen (secondary N) is 1. The maximum Gasteiger partial charge on any atom is 0.0205 e. The van der Waals surface area contributed by atoms with E-state index in [-0.39, 0.29) is 12.4 Å². The van der Waals surface area contributed by atoms with Crippen LogP contribution in [0.4, 0.5) is 0 Å². The van der Waals surface area contributed by atoms with E-state index in [1.54, 1.807) is 0 Å². The van der Waals surface area contributed by atoms with E-state index in [9.17, 15) is 0 Å². The van der Waals surface area contributed by atoms with Crippen LogP contribution < -0.4 is 5.32 Å². The smallest absolute Gasteiger partial charge is 0.0205 e. The topological polar surface area (TPSA) is 12.0 Å². The fourth-order valence-electron chi connectivity index (χ4n) is 1.45. The predicted molar refractivity (Wildman–Crippen MR) is 60.5 cm³/mol. The van der Waals surface area contributed by atoms with Crippen molar-refractivity contribution in [3.05, 3.63) is 35.4 Å². The van der Waals surface area contributed by atoms with Gasteiger partial charge in [-0.2, -0.15) is 0 Å². The molecule has 1 aromatic carbocycles. The number of hydrogen-bond donors (Lipinski definition) is 1. The van der Waals surface area contributed by atoms with E-state index in [1.807, 2.05) is 7.05 Å². The molecular formula is C11H18ClN. The lowest BCUT2D eigenvalue weighted by Gasteiger charge is -2.11. The van der Waals surface area contributed by atoms with Crippen molar-refractivity contribution < 1.29 is 0 Å². The number of benzene rings is 1. The molecule has 1 aromatic rings. The fourth-order valence-corrected chi connectivity index (χ4v) is 1.45. The van der Waals surface area contributed by atoms with Crippen LogP contribution in [-0.4, -0.2) is 7.05 Å². The molecule has 0 saturated heterocycles. The zero-order valence-electron chi connectivity index (χ0n) is 8.50. The van der Waals surface area contributed by atoms with Gasteiger partial charge in [0.05, 0.1) is 0 Å². The summed E-state index contributed by atoms with van der Waals surface area (Å²) in [6.45, 7) is 5.43. The third kappa shape index (κ3) is 3.37.